The molecule has 1 aliphatic rings. The highest BCUT2D eigenvalue weighted by Gasteiger charge is 2.30. The second-order valence-electron chi connectivity index (χ2n) is 5.63. The van der Waals surface area contributed by atoms with Crippen LogP contribution in [0.1, 0.15) is 28.8 Å². The predicted octanol–water partition coefficient (Wildman–Crippen LogP) is 3.39. The number of aryl methyl sites for hydroxylation is 1. The van der Waals surface area contributed by atoms with E-state index in [0.717, 1.165) is 18.4 Å². The summed E-state index contributed by atoms with van der Waals surface area (Å²) in [7, 11) is -3.60. The molecule has 0 aliphatic heterocycles. The predicted molar refractivity (Wildman–Crippen MR) is 85.5 cm³/mol. The summed E-state index contributed by atoms with van der Waals surface area (Å²) in [6.45, 7) is 1.90. The summed E-state index contributed by atoms with van der Waals surface area (Å²) in [4.78, 5) is 12.1. The van der Waals surface area contributed by atoms with E-state index in [1.165, 1.54) is 0 Å². The van der Waals surface area contributed by atoms with E-state index in [1.807, 2.05) is 6.92 Å². The first-order chi connectivity index (χ1) is 10.5. The Morgan fingerprint density at radius 1 is 1.00 bits per heavy atom. The maximum Gasteiger partial charge on any atom is 0.261 e. The highest BCUT2D eigenvalue weighted by Crippen LogP contribution is 2.32. The van der Waals surface area contributed by atoms with Crippen molar-refractivity contribution in [3.63, 3.8) is 0 Å². The molecule has 1 fully saturated rings. The average Bonchev–Trinajstić information content (AvgIpc) is 3.32. The van der Waals surface area contributed by atoms with Crippen LogP contribution in [0, 0.1) is 12.8 Å². The van der Waals surface area contributed by atoms with Crippen molar-refractivity contribution in [1.29, 1.82) is 0 Å². The van der Waals surface area contributed by atoms with E-state index in [1.54, 1.807) is 48.5 Å². The second kappa shape index (κ2) is 5.57. The van der Waals surface area contributed by atoms with Crippen molar-refractivity contribution in [2.45, 2.75) is 24.7 Å². The van der Waals surface area contributed by atoms with E-state index in [-0.39, 0.29) is 16.6 Å². The maximum atomic E-state index is 12.3. The molecule has 0 aromatic heterocycles. The maximum absolute atomic E-state index is 12.3. The molecule has 4 nitrogen and oxygen atoms in total. The van der Waals surface area contributed by atoms with Crippen LogP contribution in [0.2, 0.25) is 0 Å². The summed E-state index contributed by atoms with van der Waals surface area (Å²) in [6.07, 6.45) is 1.92. The lowest BCUT2D eigenvalue weighted by molar-refractivity contribution is 0.0967. The molecule has 0 spiro atoms. The van der Waals surface area contributed by atoms with Gasteiger partial charge in [0.1, 0.15) is 0 Å². The highest BCUT2D eigenvalue weighted by atomic mass is 32.2. The minimum absolute atomic E-state index is 0.146. The number of nitrogens with one attached hydrogen (secondary N) is 1. The van der Waals surface area contributed by atoms with Crippen LogP contribution in [0.15, 0.2) is 53.4 Å². The van der Waals surface area contributed by atoms with Gasteiger partial charge in [0.2, 0.25) is 0 Å². The van der Waals surface area contributed by atoms with E-state index in [0.29, 0.717) is 11.3 Å². The van der Waals surface area contributed by atoms with Crippen molar-refractivity contribution in [1.82, 2.24) is 0 Å². The molecule has 0 unspecified atom stereocenters. The molecule has 0 atom stereocenters. The van der Waals surface area contributed by atoms with Crippen molar-refractivity contribution >= 4 is 21.5 Å². The van der Waals surface area contributed by atoms with Crippen molar-refractivity contribution in [3.05, 3.63) is 59.7 Å². The second-order valence-corrected chi connectivity index (χ2v) is 7.32. The minimum Gasteiger partial charge on any atom is -0.294 e. The Balaban J connectivity index is 1.77. The molecule has 1 saturated carbocycles. The summed E-state index contributed by atoms with van der Waals surface area (Å²) in [5.41, 5.74) is 2.09. The molecule has 5 heteroatoms. The first kappa shape index (κ1) is 14.8. The number of carbonyl (C=O) groups is 1. The Labute approximate surface area is 130 Å². The standard InChI is InChI=1S/C17H17NO3S/c1-12-2-10-16(11-3-12)22(20,21)18-15-8-6-14(7-9-15)17(19)13-4-5-13/h2-3,6-11,13,18H,4-5H2,1H3. The molecule has 1 N–H and O–H groups in total. The molecule has 114 valence electrons. The molecular weight excluding hydrogens is 298 g/mol. The Bertz CT molecular complexity index is 789. The normalized spacial score (nSPS) is 14.6. The molecule has 0 amide bonds. The quantitative estimate of drug-likeness (QED) is 0.860. The van der Waals surface area contributed by atoms with E-state index >= 15 is 0 Å². The lowest BCUT2D eigenvalue weighted by atomic mass is 10.1. The smallest absolute Gasteiger partial charge is 0.261 e. The molecule has 0 saturated heterocycles. The van der Waals surface area contributed by atoms with Crippen molar-refractivity contribution in [2.24, 2.45) is 5.92 Å². The molecule has 3 rings (SSSR count). The molecule has 1 aliphatic carbocycles. The van der Waals surface area contributed by atoms with Gasteiger partial charge in [-0.3, -0.25) is 9.52 Å². The van der Waals surface area contributed by atoms with Crippen LogP contribution in [0.4, 0.5) is 5.69 Å². The molecule has 0 bridgehead atoms. The molecule has 22 heavy (non-hydrogen) atoms. The van der Waals surface area contributed by atoms with Gasteiger partial charge in [-0.25, -0.2) is 8.42 Å². The Morgan fingerprint density at radius 3 is 2.14 bits per heavy atom. The molecule has 2 aromatic carbocycles. The highest BCUT2D eigenvalue weighted by molar-refractivity contribution is 7.92. The van der Waals surface area contributed by atoms with Gasteiger partial charge in [0.05, 0.1) is 4.90 Å². The number of sulfonamides is 1. The number of hydrogen-bond donors (Lipinski definition) is 1. The van der Waals surface area contributed by atoms with Gasteiger partial charge in [0.25, 0.3) is 10.0 Å². The van der Waals surface area contributed by atoms with Crippen molar-refractivity contribution in [3.8, 4) is 0 Å². The van der Waals surface area contributed by atoms with Gasteiger partial charge in [0.15, 0.2) is 5.78 Å². The van der Waals surface area contributed by atoms with Crippen LogP contribution < -0.4 is 4.72 Å². The fourth-order valence-corrected chi connectivity index (χ4v) is 3.27. The number of benzene rings is 2. The third-order valence-corrected chi connectivity index (χ3v) is 5.10. The van der Waals surface area contributed by atoms with Gasteiger partial charge in [0, 0.05) is 17.2 Å². The number of anilines is 1. The fourth-order valence-electron chi connectivity index (χ4n) is 2.22. The van der Waals surface area contributed by atoms with Gasteiger partial charge >= 0.3 is 0 Å². The lowest BCUT2D eigenvalue weighted by Gasteiger charge is -2.09. The number of ketones is 1. The first-order valence-corrected chi connectivity index (χ1v) is 8.68. The van der Waals surface area contributed by atoms with Gasteiger partial charge in [-0.05, 0) is 56.2 Å². The third kappa shape index (κ3) is 3.20. The summed E-state index contributed by atoms with van der Waals surface area (Å²) >= 11 is 0. The van der Waals surface area contributed by atoms with Crippen LogP contribution in [0.25, 0.3) is 0 Å². The zero-order valence-corrected chi connectivity index (χ0v) is 13.1. The third-order valence-electron chi connectivity index (χ3n) is 3.70. The summed E-state index contributed by atoms with van der Waals surface area (Å²) in [5, 5.41) is 0. The number of rotatable bonds is 5. The van der Waals surface area contributed by atoms with E-state index in [2.05, 4.69) is 4.72 Å². The number of hydrogen-bond acceptors (Lipinski definition) is 3. The van der Waals surface area contributed by atoms with Gasteiger partial charge in [-0.2, -0.15) is 0 Å². The average molecular weight is 315 g/mol. The van der Waals surface area contributed by atoms with E-state index in [9.17, 15) is 13.2 Å². The zero-order chi connectivity index (χ0) is 15.7. The Kier molecular flexibility index (Phi) is 3.74. The van der Waals surface area contributed by atoms with Gasteiger partial charge in [-0.1, -0.05) is 17.7 Å². The fraction of sp³-hybridized carbons (Fsp3) is 0.235. The number of Topliss-reactive ketones (excluding diaryl/α,β-unsaturated/α-hetero) is 1. The SMILES string of the molecule is Cc1ccc(S(=O)(=O)Nc2ccc(C(=O)C3CC3)cc2)cc1. The largest absolute Gasteiger partial charge is 0.294 e. The van der Waals surface area contributed by atoms with Crippen LogP contribution in [-0.4, -0.2) is 14.2 Å². The zero-order valence-electron chi connectivity index (χ0n) is 12.2. The molecule has 2 aromatic rings. The summed E-state index contributed by atoms with van der Waals surface area (Å²) < 4.78 is 27.1. The van der Waals surface area contributed by atoms with Gasteiger partial charge < -0.3 is 0 Å². The minimum atomic E-state index is -3.60. The van der Waals surface area contributed by atoms with E-state index in [4.69, 9.17) is 0 Å². The molecular formula is C17H17NO3S. The van der Waals surface area contributed by atoms with Crippen LogP contribution in [-0.2, 0) is 10.0 Å². The van der Waals surface area contributed by atoms with Crippen molar-refractivity contribution < 1.29 is 13.2 Å². The number of carbonyl (C=O) groups excluding carboxylic acids is 1. The van der Waals surface area contributed by atoms with E-state index < -0.39 is 10.0 Å². The monoisotopic (exact) mass is 315 g/mol. The van der Waals surface area contributed by atoms with Gasteiger partial charge in [-0.15, -0.1) is 0 Å². The lowest BCUT2D eigenvalue weighted by Crippen LogP contribution is -2.13. The van der Waals surface area contributed by atoms with Crippen molar-refractivity contribution in [2.75, 3.05) is 4.72 Å². The summed E-state index contributed by atoms with van der Waals surface area (Å²) in [5.74, 6) is 0.308. The first-order valence-electron chi connectivity index (χ1n) is 7.19. The van der Waals surface area contributed by atoms with Crippen LogP contribution in [0.5, 0.6) is 0 Å². The molecule has 0 heterocycles. The van der Waals surface area contributed by atoms with Crippen LogP contribution in [0.3, 0.4) is 0 Å². The summed E-state index contributed by atoms with van der Waals surface area (Å²) in [6, 6.07) is 13.3. The Morgan fingerprint density at radius 2 is 1.59 bits per heavy atom. The topological polar surface area (TPSA) is 63.2 Å². The molecule has 0 radical (unpaired) electrons. The van der Waals surface area contributed by atoms with Crippen LogP contribution >= 0.6 is 0 Å². The Hall–Kier alpha value is -2.14.